The molecule has 74 valence electrons. The Morgan fingerprint density at radius 2 is 1.79 bits per heavy atom. The largest absolute Gasteiger partial charge is 0.542 e. The fourth-order valence-electron chi connectivity index (χ4n) is 0.908. The summed E-state index contributed by atoms with van der Waals surface area (Å²) in [5.74, 6) is -2.75. The second-order valence-electron chi connectivity index (χ2n) is 2.61. The molecule has 0 unspecified atom stereocenters. The number of ketones is 1. The van der Waals surface area contributed by atoms with Crippen LogP contribution in [-0.4, -0.2) is 11.8 Å². The quantitative estimate of drug-likeness (QED) is 0.653. The summed E-state index contributed by atoms with van der Waals surface area (Å²) in [4.78, 5) is 21.2. The molecule has 14 heavy (non-hydrogen) atoms. The summed E-state index contributed by atoms with van der Waals surface area (Å²) in [6.45, 7) is 0. The Hall–Kier alpha value is -0.810. The molecule has 0 amide bonds. The fraction of sp³-hybridized carbons (Fsp3) is 0.111. The number of carboxylic acid groups (broad SMARTS) is 1. The van der Waals surface area contributed by atoms with E-state index in [2.05, 4.69) is 28.6 Å². The van der Waals surface area contributed by atoms with Crippen LogP contribution in [0.15, 0.2) is 28.7 Å². The van der Waals surface area contributed by atoms with Crippen molar-refractivity contribution in [3.63, 3.8) is 0 Å². The third kappa shape index (κ3) is 2.59. The highest BCUT2D eigenvalue weighted by Gasteiger charge is 2.16. The third-order valence-corrected chi connectivity index (χ3v) is 2.70. The summed E-state index contributed by atoms with van der Waals surface area (Å²) in [6.07, 6.45) is 0. The van der Waals surface area contributed by atoms with Crippen LogP contribution in [0.25, 0.3) is 0 Å². The van der Waals surface area contributed by atoms with E-state index in [1.165, 1.54) is 0 Å². The van der Waals surface area contributed by atoms with Gasteiger partial charge in [0.2, 0.25) is 0 Å². The molecular weight excluding hydrogens is 268 g/mol. The average molecular weight is 274 g/mol. The number of Topliss-reactive ketones (excluding diaryl/α,β-unsaturated/α-hetero) is 1. The van der Waals surface area contributed by atoms with Gasteiger partial charge >= 0.3 is 0 Å². The van der Waals surface area contributed by atoms with Gasteiger partial charge in [0.1, 0.15) is 5.97 Å². The highest BCUT2D eigenvalue weighted by molar-refractivity contribution is 9.10. The third-order valence-electron chi connectivity index (χ3n) is 1.64. The van der Waals surface area contributed by atoms with Gasteiger partial charge in [-0.15, -0.1) is 0 Å². The first-order chi connectivity index (χ1) is 6.52. The van der Waals surface area contributed by atoms with Crippen molar-refractivity contribution >= 4 is 40.3 Å². The molecule has 0 aliphatic carbocycles. The normalized spacial score (nSPS) is 12.1. The van der Waals surface area contributed by atoms with Gasteiger partial charge < -0.3 is 9.90 Å². The van der Waals surface area contributed by atoms with E-state index in [0.717, 1.165) is 4.47 Å². The molecule has 0 heterocycles. The molecule has 1 rings (SSSR count). The number of halogens is 1. The van der Waals surface area contributed by atoms with Crippen LogP contribution in [0, 0.1) is 0 Å². The summed E-state index contributed by atoms with van der Waals surface area (Å²) < 4.78 is 0.850. The van der Waals surface area contributed by atoms with Crippen molar-refractivity contribution in [3.05, 3.63) is 34.3 Å². The maximum atomic E-state index is 11.0. The zero-order valence-electron chi connectivity index (χ0n) is 6.94. The predicted octanol–water partition coefficient (Wildman–Crippen LogP) is 0.739. The smallest absolute Gasteiger partial charge is 0.195 e. The van der Waals surface area contributed by atoms with Gasteiger partial charge in [-0.1, -0.05) is 28.1 Å². The molecule has 1 aromatic carbocycles. The Bertz CT molecular complexity index is 361. The second kappa shape index (κ2) is 4.61. The molecule has 0 aliphatic heterocycles. The summed E-state index contributed by atoms with van der Waals surface area (Å²) in [6, 6.07) is 6.67. The molecule has 0 N–H and O–H groups in total. The monoisotopic (exact) mass is 273 g/mol. The minimum atomic E-state index is -1.71. The molecule has 0 bridgehead atoms. The van der Waals surface area contributed by atoms with E-state index in [9.17, 15) is 14.7 Å². The summed E-state index contributed by atoms with van der Waals surface area (Å²) in [5, 5.41) is 9.30. The average Bonchev–Trinajstić information content (AvgIpc) is 2.16. The van der Waals surface area contributed by atoms with Gasteiger partial charge in [0.25, 0.3) is 0 Å². The van der Waals surface area contributed by atoms with E-state index in [1.807, 2.05) is 0 Å². The van der Waals surface area contributed by atoms with Crippen molar-refractivity contribution < 1.29 is 14.7 Å². The van der Waals surface area contributed by atoms with Gasteiger partial charge in [0, 0.05) is 4.47 Å². The summed E-state index contributed by atoms with van der Waals surface area (Å²) >= 11 is 7.12. The lowest BCUT2D eigenvalue weighted by Gasteiger charge is -2.10. The highest BCUT2D eigenvalue weighted by atomic mass is 79.9. The van der Waals surface area contributed by atoms with Crippen LogP contribution in [0.4, 0.5) is 0 Å². The van der Waals surface area contributed by atoms with Gasteiger partial charge in [-0.2, -0.15) is 12.6 Å². The van der Waals surface area contributed by atoms with Gasteiger partial charge in [0.05, 0.1) is 5.25 Å². The van der Waals surface area contributed by atoms with Gasteiger partial charge in [0.15, 0.2) is 5.78 Å². The first kappa shape index (κ1) is 11.3. The van der Waals surface area contributed by atoms with Crippen molar-refractivity contribution in [1.29, 1.82) is 0 Å². The van der Waals surface area contributed by atoms with E-state index < -0.39 is 17.0 Å². The van der Waals surface area contributed by atoms with Crippen LogP contribution in [0.3, 0.4) is 0 Å². The summed E-state index contributed by atoms with van der Waals surface area (Å²) in [7, 11) is 0. The minimum Gasteiger partial charge on any atom is -0.542 e. The molecule has 5 heteroatoms. The minimum absolute atomic E-state index is 0.533. The van der Waals surface area contributed by atoms with Crippen LogP contribution in [0.5, 0.6) is 0 Å². The molecule has 1 atom stereocenters. The first-order valence-electron chi connectivity index (χ1n) is 3.71. The number of carbonyl (C=O) groups excluding carboxylic acids is 2. The molecular formula is C9H6BrO3S-. The number of aliphatic carboxylic acids is 1. The number of carboxylic acids is 1. The first-order valence-corrected chi connectivity index (χ1v) is 5.02. The molecule has 0 saturated heterocycles. The van der Waals surface area contributed by atoms with Crippen molar-refractivity contribution in [2.45, 2.75) is 5.25 Å². The lowest BCUT2D eigenvalue weighted by molar-refractivity contribution is -0.299. The maximum Gasteiger partial charge on any atom is 0.195 e. The van der Waals surface area contributed by atoms with E-state index in [4.69, 9.17) is 0 Å². The van der Waals surface area contributed by atoms with E-state index >= 15 is 0 Å². The Morgan fingerprint density at radius 1 is 1.29 bits per heavy atom. The van der Waals surface area contributed by atoms with Gasteiger partial charge in [-0.3, -0.25) is 4.79 Å². The number of rotatable bonds is 3. The number of carbonyl (C=O) groups is 2. The molecule has 0 aliphatic rings. The van der Waals surface area contributed by atoms with Crippen molar-refractivity contribution in [2.75, 3.05) is 0 Å². The molecule has 0 fully saturated rings. The predicted molar refractivity (Wildman–Crippen MR) is 55.9 cm³/mol. The van der Waals surface area contributed by atoms with Gasteiger partial charge in [-0.25, -0.2) is 0 Å². The second-order valence-corrected chi connectivity index (χ2v) is 4.04. The van der Waals surface area contributed by atoms with Crippen LogP contribution >= 0.6 is 28.6 Å². The number of thiol groups is 1. The van der Waals surface area contributed by atoms with Crippen LogP contribution in [0.2, 0.25) is 0 Å². The Kier molecular flexibility index (Phi) is 3.71. The molecule has 0 saturated carbocycles. The Morgan fingerprint density at radius 3 is 2.21 bits per heavy atom. The van der Waals surface area contributed by atoms with E-state index in [1.54, 1.807) is 24.3 Å². The molecule has 0 aromatic heterocycles. The lowest BCUT2D eigenvalue weighted by Crippen LogP contribution is -2.33. The summed E-state index contributed by atoms with van der Waals surface area (Å²) in [5.41, 5.74) is 0.533. The zero-order chi connectivity index (χ0) is 10.7. The standard InChI is InChI=1S/C9H7BrO3S/c10-6-3-1-5(2-4-6)8(14)7(11)9(12)13/h1-4,8,14H,(H,12,13)/p-1/t8-/m0/s1. The molecule has 0 radical (unpaired) electrons. The molecule has 1 aromatic rings. The van der Waals surface area contributed by atoms with E-state index in [-0.39, 0.29) is 0 Å². The lowest BCUT2D eigenvalue weighted by atomic mass is 10.1. The molecule has 0 spiro atoms. The van der Waals surface area contributed by atoms with E-state index in [0.29, 0.717) is 5.56 Å². The maximum absolute atomic E-state index is 11.0. The Balaban J connectivity index is 2.89. The van der Waals surface area contributed by atoms with Crippen LogP contribution in [-0.2, 0) is 9.59 Å². The molecule has 3 nitrogen and oxygen atoms in total. The van der Waals surface area contributed by atoms with Crippen molar-refractivity contribution in [1.82, 2.24) is 0 Å². The van der Waals surface area contributed by atoms with Crippen molar-refractivity contribution in [3.8, 4) is 0 Å². The number of benzene rings is 1. The zero-order valence-corrected chi connectivity index (χ0v) is 9.42. The number of hydrogen-bond acceptors (Lipinski definition) is 4. The topological polar surface area (TPSA) is 57.2 Å². The highest BCUT2D eigenvalue weighted by Crippen LogP contribution is 2.22. The van der Waals surface area contributed by atoms with Crippen LogP contribution in [0.1, 0.15) is 10.8 Å². The van der Waals surface area contributed by atoms with Crippen LogP contribution < -0.4 is 5.11 Å². The number of hydrogen-bond donors (Lipinski definition) is 1. The SMILES string of the molecule is O=C([O-])C(=O)[C@@H](S)c1ccc(Br)cc1. The fourth-order valence-corrected chi connectivity index (χ4v) is 1.45. The Labute approximate surface area is 94.7 Å². The van der Waals surface area contributed by atoms with Crippen molar-refractivity contribution in [2.24, 2.45) is 0 Å². The van der Waals surface area contributed by atoms with Gasteiger partial charge in [-0.05, 0) is 17.7 Å².